The minimum absolute atomic E-state index is 0.199. The maximum Gasteiger partial charge on any atom is 0.122 e. The molecule has 0 spiro atoms. The summed E-state index contributed by atoms with van der Waals surface area (Å²) in [5, 5.41) is 3.54. The number of nitrogens with one attached hydrogen (secondary N) is 1. The summed E-state index contributed by atoms with van der Waals surface area (Å²) in [7, 11) is 0. The molecule has 1 unspecified atom stereocenters. The second-order valence-electron chi connectivity index (χ2n) is 7.16. The predicted molar refractivity (Wildman–Crippen MR) is 85.6 cm³/mol. The van der Waals surface area contributed by atoms with Crippen molar-refractivity contribution in [2.75, 3.05) is 13.2 Å². The van der Waals surface area contributed by atoms with E-state index in [2.05, 4.69) is 58.1 Å². The molecule has 1 aliphatic carbocycles. The fraction of sp³-hybridized carbons (Fsp3) is 0.667. The largest absolute Gasteiger partial charge is 0.492 e. The predicted octanol–water partition coefficient (Wildman–Crippen LogP) is 4.06. The summed E-state index contributed by atoms with van der Waals surface area (Å²) >= 11 is 0. The Morgan fingerprint density at radius 1 is 1.30 bits per heavy atom. The van der Waals surface area contributed by atoms with E-state index >= 15 is 0 Å². The van der Waals surface area contributed by atoms with Crippen LogP contribution in [-0.2, 0) is 5.41 Å². The van der Waals surface area contributed by atoms with E-state index in [1.165, 1.54) is 24.0 Å². The van der Waals surface area contributed by atoms with Gasteiger partial charge >= 0.3 is 0 Å². The Bertz CT molecular complexity index is 443. The molecule has 2 heteroatoms. The first-order valence-electron chi connectivity index (χ1n) is 7.85. The molecule has 2 nitrogen and oxygen atoms in total. The summed E-state index contributed by atoms with van der Waals surface area (Å²) in [5.41, 5.74) is 2.79. The monoisotopic (exact) mass is 275 g/mol. The van der Waals surface area contributed by atoms with Crippen molar-refractivity contribution in [1.82, 2.24) is 5.32 Å². The lowest BCUT2D eigenvalue weighted by molar-refractivity contribution is 0.301. The lowest BCUT2D eigenvalue weighted by atomic mass is 9.86. The molecule has 1 aliphatic rings. The van der Waals surface area contributed by atoms with Crippen LogP contribution in [-0.4, -0.2) is 19.2 Å². The molecule has 112 valence electrons. The van der Waals surface area contributed by atoms with E-state index in [4.69, 9.17) is 4.74 Å². The molecule has 0 aromatic heterocycles. The van der Waals surface area contributed by atoms with Crippen molar-refractivity contribution in [3.05, 3.63) is 29.3 Å². The third kappa shape index (κ3) is 4.24. The maximum atomic E-state index is 5.89. The fourth-order valence-electron chi connectivity index (χ4n) is 2.49. The van der Waals surface area contributed by atoms with Crippen molar-refractivity contribution in [2.45, 2.75) is 58.9 Å². The zero-order valence-electron chi connectivity index (χ0n) is 13.6. The first-order valence-corrected chi connectivity index (χ1v) is 7.85. The molecule has 0 bridgehead atoms. The molecule has 1 aromatic carbocycles. The van der Waals surface area contributed by atoms with Gasteiger partial charge in [-0.05, 0) is 55.2 Å². The van der Waals surface area contributed by atoms with Crippen LogP contribution in [0.4, 0.5) is 0 Å². The van der Waals surface area contributed by atoms with Crippen molar-refractivity contribution in [2.24, 2.45) is 5.92 Å². The molecule has 1 saturated carbocycles. The second-order valence-corrected chi connectivity index (χ2v) is 7.16. The fourth-order valence-corrected chi connectivity index (χ4v) is 2.49. The summed E-state index contributed by atoms with van der Waals surface area (Å²) in [6, 6.07) is 7.18. The highest BCUT2D eigenvalue weighted by Crippen LogP contribution is 2.32. The minimum Gasteiger partial charge on any atom is -0.492 e. The molecule has 0 amide bonds. The Morgan fingerprint density at radius 2 is 2.00 bits per heavy atom. The SMILES string of the molecule is Cc1cc(C(C)(C)C)ccc1OCCNC(C)C1CC1. The van der Waals surface area contributed by atoms with Gasteiger partial charge in [-0.1, -0.05) is 32.9 Å². The van der Waals surface area contributed by atoms with E-state index in [1.54, 1.807) is 0 Å². The number of hydrogen-bond donors (Lipinski definition) is 1. The van der Waals surface area contributed by atoms with E-state index in [0.29, 0.717) is 6.04 Å². The summed E-state index contributed by atoms with van der Waals surface area (Å²) in [5.74, 6) is 1.92. The Kier molecular flexibility index (Phi) is 4.74. The Labute approximate surface area is 123 Å². The summed E-state index contributed by atoms with van der Waals surface area (Å²) < 4.78 is 5.89. The van der Waals surface area contributed by atoms with Gasteiger partial charge in [0.05, 0.1) is 0 Å². The Balaban J connectivity index is 1.80. The van der Waals surface area contributed by atoms with E-state index in [1.807, 2.05) is 0 Å². The van der Waals surface area contributed by atoms with Crippen molar-refractivity contribution in [3.8, 4) is 5.75 Å². The Hall–Kier alpha value is -1.02. The third-order valence-electron chi connectivity index (χ3n) is 4.20. The number of rotatable bonds is 6. The van der Waals surface area contributed by atoms with Crippen LogP contribution >= 0.6 is 0 Å². The van der Waals surface area contributed by atoms with Gasteiger partial charge in [0.25, 0.3) is 0 Å². The van der Waals surface area contributed by atoms with Gasteiger partial charge < -0.3 is 10.1 Å². The van der Waals surface area contributed by atoms with Crippen LogP contribution in [0.15, 0.2) is 18.2 Å². The van der Waals surface area contributed by atoms with Gasteiger partial charge in [0.2, 0.25) is 0 Å². The zero-order chi connectivity index (χ0) is 14.8. The molecule has 0 saturated heterocycles. The summed E-state index contributed by atoms with van der Waals surface area (Å²) in [6.45, 7) is 12.8. The third-order valence-corrected chi connectivity index (χ3v) is 4.20. The van der Waals surface area contributed by atoms with Crippen LogP contribution in [0.2, 0.25) is 0 Å². The van der Waals surface area contributed by atoms with E-state index in [9.17, 15) is 0 Å². The van der Waals surface area contributed by atoms with Gasteiger partial charge in [-0.2, -0.15) is 0 Å². The van der Waals surface area contributed by atoms with Crippen molar-refractivity contribution >= 4 is 0 Å². The van der Waals surface area contributed by atoms with E-state index < -0.39 is 0 Å². The average Bonchev–Trinajstić information content (AvgIpc) is 3.18. The Morgan fingerprint density at radius 3 is 2.55 bits per heavy atom. The number of benzene rings is 1. The zero-order valence-corrected chi connectivity index (χ0v) is 13.6. The lowest BCUT2D eigenvalue weighted by Crippen LogP contribution is -2.31. The first-order chi connectivity index (χ1) is 9.38. The van der Waals surface area contributed by atoms with Crippen molar-refractivity contribution < 1.29 is 4.74 Å². The topological polar surface area (TPSA) is 21.3 Å². The molecular weight excluding hydrogens is 246 g/mol. The molecule has 1 atom stereocenters. The highest BCUT2D eigenvalue weighted by Gasteiger charge is 2.27. The molecule has 0 heterocycles. The number of hydrogen-bond acceptors (Lipinski definition) is 2. The standard InChI is InChI=1S/C18H29NO/c1-13-12-16(18(3,4)5)8-9-17(13)20-11-10-19-14(2)15-6-7-15/h8-9,12,14-15,19H,6-7,10-11H2,1-5H3. The first kappa shape index (κ1) is 15.4. The van der Waals surface area contributed by atoms with Crippen LogP contribution in [0, 0.1) is 12.8 Å². The number of ether oxygens (including phenoxy) is 1. The molecule has 0 radical (unpaired) electrons. The van der Waals surface area contributed by atoms with Crippen LogP contribution < -0.4 is 10.1 Å². The minimum atomic E-state index is 0.199. The molecule has 2 rings (SSSR count). The van der Waals surface area contributed by atoms with Crippen LogP contribution in [0.1, 0.15) is 51.7 Å². The van der Waals surface area contributed by atoms with Crippen molar-refractivity contribution in [3.63, 3.8) is 0 Å². The maximum absolute atomic E-state index is 5.89. The van der Waals surface area contributed by atoms with Crippen LogP contribution in [0.25, 0.3) is 0 Å². The van der Waals surface area contributed by atoms with Crippen LogP contribution in [0.5, 0.6) is 5.75 Å². The smallest absolute Gasteiger partial charge is 0.122 e. The van der Waals surface area contributed by atoms with Gasteiger partial charge in [0.1, 0.15) is 12.4 Å². The van der Waals surface area contributed by atoms with Crippen molar-refractivity contribution in [1.29, 1.82) is 0 Å². The summed E-state index contributed by atoms with van der Waals surface area (Å²) in [6.07, 6.45) is 2.78. The number of aryl methyl sites for hydroxylation is 1. The lowest BCUT2D eigenvalue weighted by Gasteiger charge is -2.21. The molecule has 20 heavy (non-hydrogen) atoms. The van der Waals surface area contributed by atoms with Gasteiger partial charge in [-0.25, -0.2) is 0 Å². The van der Waals surface area contributed by atoms with Gasteiger partial charge in [-0.15, -0.1) is 0 Å². The summed E-state index contributed by atoms with van der Waals surface area (Å²) in [4.78, 5) is 0. The second kappa shape index (κ2) is 6.17. The molecule has 1 aromatic rings. The van der Waals surface area contributed by atoms with Crippen LogP contribution in [0.3, 0.4) is 0 Å². The normalized spacial score (nSPS) is 17.1. The quantitative estimate of drug-likeness (QED) is 0.791. The highest BCUT2D eigenvalue weighted by molar-refractivity contribution is 5.38. The molecule has 0 aliphatic heterocycles. The van der Waals surface area contributed by atoms with E-state index in [-0.39, 0.29) is 5.41 Å². The van der Waals surface area contributed by atoms with E-state index in [0.717, 1.165) is 24.8 Å². The van der Waals surface area contributed by atoms with Gasteiger partial charge in [0, 0.05) is 12.6 Å². The molecular formula is C18H29NO. The average molecular weight is 275 g/mol. The molecule has 1 N–H and O–H groups in total. The van der Waals surface area contributed by atoms with Gasteiger partial charge in [-0.3, -0.25) is 0 Å². The van der Waals surface area contributed by atoms with Gasteiger partial charge in [0.15, 0.2) is 0 Å². The highest BCUT2D eigenvalue weighted by atomic mass is 16.5. The molecule has 1 fully saturated rings.